The molecule has 1 aliphatic heterocycles. The minimum absolute atomic E-state index is 0.470. The van der Waals surface area contributed by atoms with Crippen LogP contribution >= 0.6 is 27.3 Å². The molecule has 0 aliphatic carbocycles. The van der Waals surface area contributed by atoms with Crippen LogP contribution in [0.5, 0.6) is 0 Å². The van der Waals surface area contributed by atoms with Crippen LogP contribution in [0.4, 0.5) is 13.2 Å². The highest BCUT2D eigenvalue weighted by atomic mass is 79.9. The number of halogens is 4. The van der Waals surface area contributed by atoms with Gasteiger partial charge in [-0.2, -0.15) is 13.2 Å². The third-order valence-corrected chi connectivity index (χ3v) is 6.17. The largest absolute Gasteiger partial charge is 0.416 e. The summed E-state index contributed by atoms with van der Waals surface area (Å²) < 4.78 is 39.2. The molecular formula is C19H15BrF3N3S. The molecule has 2 aromatic heterocycles. The fraction of sp³-hybridized carbons (Fsp3) is 0.263. The third kappa shape index (κ3) is 4.23. The molecule has 4 rings (SSSR count). The van der Waals surface area contributed by atoms with Gasteiger partial charge in [0.15, 0.2) is 5.82 Å². The number of benzene rings is 1. The Kier molecular flexibility index (Phi) is 5.05. The van der Waals surface area contributed by atoms with Crippen molar-refractivity contribution in [1.82, 2.24) is 14.9 Å². The topological polar surface area (TPSA) is 29.0 Å². The van der Waals surface area contributed by atoms with Crippen LogP contribution in [0.1, 0.15) is 21.7 Å². The van der Waals surface area contributed by atoms with Crippen LogP contribution in [-0.2, 0) is 25.7 Å². The van der Waals surface area contributed by atoms with Gasteiger partial charge in [-0.1, -0.05) is 12.1 Å². The number of rotatable bonds is 3. The van der Waals surface area contributed by atoms with Gasteiger partial charge in [0.1, 0.15) is 0 Å². The van der Waals surface area contributed by atoms with E-state index in [4.69, 9.17) is 0 Å². The first kappa shape index (κ1) is 18.6. The number of fused-ring (bicyclic) bond motifs is 1. The van der Waals surface area contributed by atoms with Gasteiger partial charge in [-0.05, 0) is 34.1 Å². The van der Waals surface area contributed by atoms with Gasteiger partial charge in [-0.3, -0.25) is 4.90 Å². The summed E-state index contributed by atoms with van der Waals surface area (Å²) >= 11 is 5.20. The molecule has 0 atom stereocenters. The monoisotopic (exact) mass is 453 g/mol. The van der Waals surface area contributed by atoms with Gasteiger partial charge in [0.25, 0.3) is 0 Å². The first-order valence-corrected chi connectivity index (χ1v) is 10.0. The number of alkyl halides is 3. The molecule has 3 heterocycles. The zero-order valence-electron chi connectivity index (χ0n) is 14.1. The van der Waals surface area contributed by atoms with Crippen LogP contribution in [0.15, 0.2) is 46.4 Å². The summed E-state index contributed by atoms with van der Waals surface area (Å²) in [6.45, 7) is 2.56. The molecule has 1 aliphatic rings. The molecule has 0 radical (unpaired) electrons. The Bertz CT molecular complexity index is 954. The Morgan fingerprint density at radius 2 is 1.96 bits per heavy atom. The van der Waals surface area contributed by atoms with Crippen molar-refractivity contribution in [3.63, 3.8) is 0 Å². The molecule has 0 saturated heterocycles. The summed E-state index contributed by atoms with van der Waals surface area (Å²) in [6, 6.07) is 7.12. The third-order valence-electron chi connectivity index (χ3n) is 4.48. The second-order valence-corrected chi connectivity index (χ2v) is 8.34. The lowest BCUT2D eigenvalue weighted by atomic mass is 10.1. The Balaban J connectivity index is 1.50. The lowest BCUT2D eigenvalue weighted by Gasteiger charge is -2.27. The van der Waals surface area contributed by atoms with Crippen molar-refractivity contribution in [3.05, 3.63) is 68.1 Å². The Hall–Kier alpha value is -1.77. The molecule has 0 spiro atoms. The van der Waals surface area contributed by atoms with Crippen LogP contribution < -0.4 is 0 Å². The lowest BCUT2D eigenvalue weighted by molar-refractivity contribution is -0.137. The average Bonchev–Trinajstić information content (AvgIpc) is 3.05. The molecule has 0 amide bonds. The first-order chi connectivity index (χ1) is 12.9. The van der Waals surface area contributed by atoms with Crippen LogP contribution in [0.3, 0.4) is 0 Å². The van der Waals surface area contributed by atoms with Crippen molar-refractivity contribution in [1.29, 1.82) is 0 Å². The smallest absolute Gasteiger partial charge is 0.293 e. The number of hydrogen-bond acceptors (Lipinski definition) is 4. The molecule has 0 unspecified atom stereocenters. The van der Waals surface area contributed by atoms with Gasteiger partial charge in [0.05, 0.1) is 11.3 Å². The zero-order valence-corrected chi connectivity index (χ0v) is 16.5. The highest BCUT2D eigenvalue weighted by Gasteiger charge is 2.30. The molecule has 0 fully saturated rings. The standard InChI is InChI=1S/C19H15BrF3N3S/c20-15-7-16(27-11-15)10-26-6-5-17-13(9-26)8-24-18(25-17)12-1-3-14(4-2-12)19(21,22)23/h1-4,7-8,11H,5-6,9-10H2. The SMILES string of the molecule is FC(F)(F)c1ccc(-c2ncc3c(n2)CCN(Cc2cc(Br)cs2)C3)cc1. The summed E-state index contributed by atoms with van der Waals surface area (Å²) in [5.41, 5.74) is 1.98. The van der Waals surface area contributed by atoms with Gasteiger partial charge in [-0.15, -0.1) is 11.3 Å². The molecule has 8 heteroatoms. The van der Waals surface area contributed by atoms with E-state index in [2.05, 4.69) is 42.2 Å². The summed E-state index contributed by atoms with van der Waals surface area (Å²) in [4.78, 5) is 12.6. The van der Waals surface area contributed by atoms with E-state index >= 15 is 0 Å². The first-order valence-electron chi connectivity index (χ1n) is 8.36. The van der Waals surface area contributed by atoms with E-state index in [0.29, 0.717) is 11.4 Å². The highest BCUT2D eigenvalue weighted by molar-refractivity contribution is 9.10. The average molecular weight is 454 g/mol. The molecule has 3 aromatic rings. The van der Waals surface area contributed by atoms with Crippen molar-refractivity contribution in [2.45, 2.75) is 25.7 Å². The van der Waals surface area contributed by atoms with Crippen molar-refractivity contribution < 1.29 is 13.2 Å². The normalized spacial score (nSPS) is 15.0. The van der Waals surface area contributed by atoms with Gasteiger partial charge >= 0.3 is 6.18 Å². The van der Waals surface area contributed by atoms with Crippen LogP contribution in [0.25, 0.3) is 11.4 Å². The Morgan fingerprint density at radius 3 is 2.63 bits per heavy atom. The highest BCUT2D eigenvalue weighted by Crippen LogP contribution is 2.31. The fourth-order valence-corrected chi connectivity index (χ4v) is 4.61. The molecule has 3 nitrogen and oxygen atoms in total. The maximum Gasteiger partial charge on any atom is 0.416 e. The van der Waals surface area contributed by atoms with Crippen LogP contribution in [-0.4, -0.2) is 21.4 Å². The Labute approximate surface area is 167 Å². The molecule has 0 bridgehead atoms. The van der Waals surface area contributed by atoms with Crippen molar-refractivity contribution in [3.8, 4) is 11.4 Å². The second-order valence-electron chi connectivity index (χ2n) is 6.43. The number of thiophene rings is 1. The van der Waals surface area contributed by atoms with E-state index < -0.39 is 11.7 Å². The summed E-state index contributed by atoms with van der Waals surface area (Å²) in [6.07, 6.45) is -1.74. The summed E-state index contributed by atoms with van der Waals surface area (Å²) in [7, 11) is 0. The van der Waals surface area contributed by atoms with Gasteiger partial charge in [0.2, 0.25) is 0 Å². The van der Waals surface area contributed by atoms with E-state index in [-0.39, 0.29) is 0 Å². The molecule has 1 aromatic carbocycles. The maximum atomic E-state index is 12.7. The van der Waals surface area contributed by atoms with Gasteiger partial charge < -0.3 is 0 Å². The quantitative estimate of drug-likeness (QED) is 0.520. The Morgan fingerprint density at radius 1 is 1.19 bits per heavy atom. The predicted octanol–water partition coefficient (Wildman–Crippen LogP) is 5.54. The van der Waals surface area contributed by atoms with Crippen molar-refractivity contribution in [2.24, 2.45) is 0 Å². The van der Waals surface area contributed by atoms with E-state index in [9.17, 15) is 13.2 Å². The van der Waals surface area contributed by atoms with Gasteiger partial charge in [-0.25, -0.2) is 9.97 Å². The van der Waals surface area contributed by atoms with Crippen molar-refractivity contribution >= 4 is 27.3 Å². The predicted molar refractivity (Wildman–Crippen MR) is 102 cm³/mol. The number of nitrogens with zero attached hydrogens (tertiary/aromatic N) is 3. The zero-order chi connectivity index (χ0) is 19.0. The number of hydrogen-bond donors (Lipinski definition) is 0. The summed E-state index contributed by atoms with van der Waals surface area (Å²) in [5.74, 6) is 0.470. The molecular weight excluding hydrogens is 439 g/mol. The fourth-order valence-electron chi connectivity index (χ4n) is 3.11. The van der Waals surface area contributed by atoms with Crippen LogP contribution in [0, 0.1) is 0 Å². The van der Waals surface area contributed by atoms with E-state index in [1.807, 2.05) is 0 Å². The van der Waals surface area contributed by atoms with Crippen LogP contribution in [0.2, 0.25) is 0 Å². The van der Waals surface area contributed by atoms with Crippen molar-refractivity contribution in [2.75, 3.05) is 6.54 Å². The maximum absolute atomic E-state index is 12.7. The minimum Gasteiger partial charge on any atom is -0.293 e. The second kappa shape index (κ2) is 7.33. The van der Waals surface area contributed by atoms with E-state index in [0.717, 1.165) is 53.9 Å². The van der Waals surface area contributed by atoms with E-state index in [1.54, 1.807) is 17.5 Å². The lowest BCUT2D eigenvalue weighted by Crippen LogP contribution is -2.30. The molecule has 27 heavy (non-hydrogen) atoms. The number of aromatic nitrogens is 2. The van der Waals surface area contributed by atoms with Gasteiger partial charge in [0, 0.05) is 58.1 Å². The minimum atomic E-state index is -4.34. The summed E-state index contributed by atoms with van der Waals surface area (Å²) in [5, 5.41) is 2.08. The van der Waals surface area contributed by atoms with E-state index in [1.165, 1.54) is 17.0 Å². The molecule has 140 valence electrons. The molecule has 0 N–H and O–H groups in total. The molecule has 0 saturated carbocycles.